The van der Waals surface area contributed by atoms with Crippen LogP contribution in [-0.2, 0) is 11.8 Å². The lowest BCUT2D eigenvalue weighted by atomic mass is 9.95. The van der Waals surface area contributed by atoms with Crippen molar-refractivity contribution in [3.63, 3.8) is 0 Å². The zero-order chi connectivity index (χ0) is 17.6. The summed E-state index contributed by atoms with van der Waals surface area (Å²) in [6.07, 6.45) is 12.3. The smallest absolute Gasteiger partial charge is 0.262 e. The van der Waals surface area contributed by atoms with Crippen molar-refractivity contribution in [2.45, 2.75) is 38.1 Å². The van der Waals surface area contributed by atoms with E-state index in [1.807, 2.05) is 25.2 Å². The van der Waals surface area contributed by atoms with E-state index >= 15 is 0 Å². The zero-order valence-electron chi connectivity index (χ0n) is 14.3. The molecule has 0 spiro atoms. The summed E-state index contributed by atoms with van der Waals surface area (Å²) in [7, 11) is 1.82. The van der Waals surface area contributed by atoms with Crippen LogP contribution in [0.3, 0.4) is 0 Å². The second kappa shape index (κ2) is 7.75. The normalized spacial score (nSPS) is 15.6. The molecule has 6 nitrogen and oxygen atoms in total. The summed E-state index contributed by atoms with van der Waals surface area (Å²) < 4.78 is 1.68. The molecule has 0 saturated heterocycles. The minimum Gasteiger partial charge on any atom is -0.349 e. The number of carbonyl (C=O) groups is 1. The molecular weight excluding hydrogens is 314 g/mol. The Bertz CT molecular complexity index is 810. The third-order valence-electron chi connectivity index (χ3n) is 4.42. The van der Waals surface area contributed by atoms with Gasteiger partial charge >= 0.3 is 0 Å². The van der Waals surface area contributed by atoms with E-state index in [4.69, 9.17) is 0 Å². The molecule has 0 unspecified atom stereocenters. The second-order valence-electron chi connectivity index (χ2n) is 6.32. The van der Waals surface area contributed by atoms with E-state index in [-0.39, 0.29) is 17.5 Å². The van der Waals surface area contributed by atoms with Gasteiger partial charge in [-0.2, -0.15) is 10.4 Å². The summed E-state index contributed by atoms with van der Waals surface area (Å²) in [6.45, 7) is 0. The van der Waals surface area contributed by atoms with Crippen LogP contribution >= 0.6 is 0 Å². The Labute approximate surface area is 147 Å². The number of nitrogens with one attached hydrogen (secondary N) is 1. The third-order valence-corrected chi connectivity index (χ3v) is 4.42. The first-order chi connectivity index (χ1) is 12.2. The van der Waals surface area contributed by atoms with Gasteiger partial charge in [0.15, 0.2) is 0 Å². The number of aryl methyl sites for hydroxylation is 1. The Kier molecular flexibility index (Phi) is 5.24. The molecule has 2 aromatic rings. The molecule has 1 N–H and O–H groups in total. The van der Waals surface area contributed by atoms with Gasteiger partial charge in [-0.1, -0.05) is 19.3 Å². The molecule has 0 radical (unpaired) electrons. The van der Waals surface area contributed by atoms with E-state index in [1.165, 1.54) is 6.42 Å². The number of hydrogen-bond donors (Lipinski definition) is 1. The molecule has 25 heavy (non-hydrogen) atoms. The molecule has 0 aliphatic heterocycles. The molecule has 1 saturated carbocycles. The maximum absolute atomic E-state index is 12.5. The largest absolute Gasteiger partial charge is 0.349 e. The highest BCUT2D eigenvalue weighted by Crippen LogP contribution is 2.23. The summed E-state index contributed by atoms with van der Waals surface area (Å²) in [5, 5.41) is 16.9. The molecule has 128 valence electrons. The fraction of sp³-hybridized carbons (Fsp3) is 0.368. The van der Waals surface area contributed by atoms with Gasteiger partial charge in [-0.05, 0) is 31.1 Å². The standard InChI is InChI=1S/C19H21N5O/c1-24-13-16(18(23-24)14-7-9-21-10-8-14)11-15(12-20)19(25)22-17-5-3-2-4-6-17/h7-11,13,17H,2-6H2,1H3,(H,22,25)/b15-11-. The van der Waals surface area contributed by atoms with Crippen LogP contribution in [0.2, 0.25) is 0 Å². The molecule has 1 aliphatic rings. The molecule has 1 amide bonds. The van der Waals surface area contributed by atoms with Crippen LogP contribution in [0, 0.1) is 11.3 Å². The summed E-state index contributed by atoms with van der Waals surface area (Å²) in [4.78, 5) is 16.5. The van der Waals surface area contributed by atoms with Crippen molar-refractivity contribution < 1.29 is 4.79 Å². The van der Waals surface area contributed by atoms with E-state index in [0.717, 1.165) is 42.5 Å². The SMILES string of the molecule is Cn1cc(/C=C(/C#N)C(=O)NC2CCCCC2)c(-c2ccncc2)n1. The number of amides is 1. The van der Waals surface area contributed by atoms with Gasteiger partial charge in [0, 0.05) is 42.8 Å². The van der Waals surface area contributed by atoms with Crippen molar-refractivity contribution in [1.82, 2.24) is 20.1 Å². The number of hydrogen-bond acceptors (Lipinski definition) is 4. The Morgan fingerprint density at radius 3 is 2.72 bits per heavy atom. The van der Waals surface area contributed by atoms with Crippen LogP contribution in [0.5, 0.6) is 0 Å². The first-order valence-electron chi connectivity index (χ1n) is 8.54. The van der Waals surface area contributed by atoms with Gasteiger partial charge in [0.1, 0.15) is 11.6 Å². The van der Waals surface area contributed by atoms with Crippen molar-refractivity contribution in [2.75, 3.05) is 0 Å². The van der Waals surface area contributed by atoms with Crippen LogP contribution in [0.4, 0.5) is 0 Å². The Balaban J connectivity index is 1.85. The third kappa shape index (κ3) is 4.13. The average Bonchev–Trinajstić information content (AvgIpc) is 3.01. The van der Waals surface area contributed by atoms with E-state index in [9.17, 15) is 10.1 Å². The summed E-state index contributed by atoms with van der Waals surface area (Å²) in [5.74, 6) is -0.307. The average molecular weight is 335 g/mol. The maximum atomic E-state index is 12.5. The number of carbonyl (C=O) groups excluding carboxylic acids is 1. The van der Waals surface area contributed by atoms with E-state index in [2.05, 4.69) is 15.4 Å². The summed E-state index contributed by atoms with van der Waals surface area (Å²) >= 11 is 0. The Hall–Kier alpha value is -2.94. The number of aromatic nitrogens is 3. The number of rotatable bonds is 4. The molecule has 0 aromatic carbocycles. The van der Waals surface area contributed by atoms with Crippen LogP contribution in [0.1, 0.15) is 37.7 Å². The van der Waals surface area contributed by atoms with Crippen LogP contribution in [0.15, 0.2) is 36.3 Å². The van der Waals surface area contributed by atoms with Gasteiger partial charge < -0.3 is 5.32 Å². The highest BCUT2D eigenvalue weighted by atomic mass is 16.1. The molecule has 3 rings (SSSR count). The van der Waals surface area contributed by atoms with Crippen LogP contribution in [-0.4, -0.2) is 26.7 Å². The fourth-order valence-electron chi connectivity index (χ4n) is 3.16. The minimum absolute atomic E-state index is 0.105. The molecule has 2 heterocycles. The van der Waals surface area contributed by atoms with Gasteiger partial charge in [0.25, 0.3) is 5.91 Å². The quantitative estimate of drug-likeness (QED) is 0.688. The molecule has 1 aliphatic carbocycles. The number of pyridine rings is 1. The summed E-state index contributed by atoms with van der Waals surface area (Å²) in [6, 6.07) is 5.91. The second-order valence-corrected chi connectivity index (χ2v) is 6.32. The highest BCUT2D eigenvalue weighted by molar-refractivity contribution is 6.02. The van der Waals surface area contributed by atoms with Crippen molar-refractivity contribution >= 4 is 12.0 Å². The first kappa shape index (κ1) is 16.9. The topological polar surface area (TPSA) is 83.6 Å². The first-order valence-corrected chi connectivity index (χ1v) is 8.54. The van der Waals surface area contributed by atoms with Gasteiger partial charge in [-0.15, -0.1) is 0 Å². The lowest BCUT2D eigenvalue weighted by Gasteiger charge is -2.22. The number of nitrogens with zero attached hydrogens (tertiary/aromatic N) is 4. The van der Waals surface area contributed by atoms with Crippen LogP contribution in [0.25, 0.3) is 17.3 Å². The fourth-order valence-corrected chi connectivity index (χ4v) is 3.16. The molecule has 2 aromatic heterocycles. The van der Waals surface area contributed by atoms with Gasteiger partial charge in [0.05, 0.1) is 5.69 Å². The van der Waals surface area contributed by atoms with Crippen molar-refractivity contribution in [1.29, 1.82) is 5.26 Å². The monoisotopic (exact) mass is 335 g/mol. The lowest BCUT2D eigenvalue weighted by molar-refractivity contribution is -0.117. The minimum atomic E-state index is -0.307. The maximum Gasteiger partial charge on any atom is 0.262 e. The van der Waals surface area contributed by atoms with Crippen molar-refractivity contribution in [2.24, 2.45) is 7.05 Å². The molecule has 6 heteroatoms. The Morgan fingerprint density at radius 1 is 1.32 bits per heavy atom. The van der Waals surface area contributed by atoms with E-state index < -0.39 is 0 Å². The zero-order valence-corrected chi connectivity index (χ0v) is 14.3. The molecule has 0 atom stereocenters. The van der Waals surface area contributed by atoms with Crippen molar-refractivity contribution in [3.05, 3.63) is 41.9 Å². The molecule has 1 fully saturated rings. The lowest BCUT2D eigenvalue weighted by Crippen LogP contribution is -2.36. The van der Waals surface area contributed by atoms with Gasteiger partial charge in [-0.3, -0.25) is 14.5 Å². The van der Waals surface area contributed by atoms with Gasteiger partial charge in [-0.25, -0.2) is 0 Å². The summed E-state index contributed by atoms with van der Waals surface area (Å²) in [5.41, 5.74) is 2.47. The predicted molar refractivity (Wildman–Crippen MR) is 95.0 cm³/mol. The Morgan fingerprint density at radius 2 is 2.04 bits per heavy atom. The predicted octanol–water partition coefficient (Wildman–Crippen LogP) is 2.84. The van der Waals surface area contributed by atoms with Crippen molar-refractivity contribution in [3.8, 4) is 17.3 Å². The molecule has 0 bridgehead atoms. The highest BCUT2D eigenvalue weighted by Gasteiger charge is 2.19. The number of nitriles is 1. The van der Waals surface area contributed by atoms with E-state index in [0.29, 0.717) is 0 Å². The molecular formula is C19H21N5O. The van der Waals surface area contributed by atoms with Crippen LogP contribution < -0.4 is 5.32 Å². The van der Waals surface area contributed by atoms with Gasteiger partial charge in [0.2, 0.25) is 0 Å². The van der Waals surface area contributed by atoms with E-state index in [1.54, 1.807) is 29.3 Å².